The summed E-state index contributed by atoms with van der Waals surface area (Å²) < 4.78 is 55.0. The van der Waals surface area contributed by atoms with Crippen LogP contribution in [0.5, 0.6) is 17.2 Å². The average molecular weight is 996 g/mol. The van der Waals surface area contributed by atoms with Crippen molar-refractivity contribution in [2.24, 2.45) is 10.2 Å². The third kappa shape index (κ3) is 15.2. The summed E-state index contributed by atoms with van der Waals surface area (Å²) in [5.41, 5.74) is -0.0338. The Kier molecular flexibility index (Phi) is 20.1. The van der Waals surface area contributed by atoms with E-state index in [1.807, 2.05) is 0 Å². The molecule has 1 atom stereocenters. The van der Waals surface area contributed by atoms with E-state index in [0.29, 0.717) is 24.2 Å². The highest BCUT2D eigenvalue weighted by Crippen LogP contribution is 2.47. The van der Waals surface area contributed by atoms with Crippen molar-refractivity contribution >= 4 is 90.9 Å². The Bertz CT molecular complexity index is 2700. The van der Waals surface area contributed by atoms with Crippen LogP contribution >= 0.6 is 23.6 Å². The van der Waals surface area contributed by atoms with Gasteiger partial charge in [-0.2, -0.15) is 13.5 Å². The van der Waals surface area contributed by atoms with E-state index in [0.717, 1.165) is 38.3 Å². The Morgan fingerprint density at radius 1 is 0.779 bits per heavy atom. The highest BCUT2D eigenvalue weighted by Gasteiger charge is 2.31. The van der Waals surface area contributed by atoms with Gasteiger partial charge in [-0.05, 0) is 96.7 Å². The fourth-order valence-electron chi connectivity index (χ4n) is 6.86. The number of aromatic hydroxyl groups is 1. The lowest BCUT2D eigenvalue weighted by atomic mass is 10.0. The van der Waals surface area contributed by atoms with Crippen molar-refractivity contribution < 1.29 is 66.1 Å². The van der Waals surface area contributed by atoms with Crippen LogP contribution in [-0.2, 0) is 33.8 Å². The van der Waals surface area contributed by atoms with Gasteiger partial charge >= 0.3 is 5.97 Å². The SMILES string of the molecule is CCCCCCCCCCCCOC(=O)c1ccc(Cl)c(NC(=O)C(Oc2ccc(N=Nc3c(SOOO)cc4cc(S(=O)(=O)O)cc(NC(C)=O)c4c3O)cc2)C(=O)c2ccc(OC)cc2)c1. The van der Waals surface area contributed by atoms with Crippen LogP contribution in [0.3, 0.4) is 0 Å². The number of carbonyl (C=O) groups is 4. The molecule has 0 aliphatic rings. The number of benzene rings is 5. The summed E-state index contributed by atoms with van der Waals surface area (Å²) in [5.74, 6) is -2.99. The Morgan fingerprint density at radius 2 is 1.41 bits per heavy atom. The van der Waals surface area contributed by atoms with Crippen LogP contribution in [0.2, 0.25) is 5.02 Å². The van der Waals surface area contributed by atoms with Crippen LogP contribution in [0.15, 0.2) is 105 Å². The fourth-order valence-corrected chi connectivity index (χ4v) is 8.06. The molecular formula is C47H51ClN4O14S2. The molecule has 362 valence electrons. The maximum absolute atomic E-state index is 14.0. The van der Waals surface area contributed by atoms with Crippen molar-refractivity contribution in [3.05, 3.63) is 101 Å². The molecule has 21 heteroatoms. The largest absolute Gasteiger partial charge is 0.505 e. The predicted octanol–water partition coefficient (Wildman–Crippen LogP) is 11.6. The van der Waals surface area contributed by atoms with Crippen LogP contribution in [-0.4, -0.2) is 66.7 Å². The van der Waals surface area contributed by atoms with Crippen molar-refractivity contribution in [3.8, 4) is 17.2 Å². The first-order valence-corrected chi connectivity index (χ1v) is 24.1. The summed E-state index contributed by atoms with van der Waals surface area (Å²) in [5, 5.41) is 37.3. The molecule has 1 unspecified atom stereocenters. The highest BCUT2D eigenvalue weighted by atomic mass is 35.5. The van der Waals surface area contributed by atoms with Gasteiger partial charge in [-0.3, -0.25) is 18.9 Å². The van der Waals surface area contributed by atoms with Gasteiger partial charge in [-0.1, -0.05) is 81.4 Å². The van der Waals surface area contributed by atoms with Crippen LogP contribution in [0.1, 0.15) is 98.8 Å². The number of hydrogen-bond acceptors (Lipinski definition) is 16. The first-order valence-electron chi connectivity index (χ1n) is 21.5. The first-order chi connectivity index (χ1) is 32.6. The van der Waals surface area contributed by atoms with E-state index in [1.165, 1.54) is 106 Å². The van der Waals surface area contributed by atoms with E-state index in [4.69, 9.17) is 31.1 Å². The molecule has 0 aromatic heterocycles. The molecule has 0 saturated heterocycles. The molecule has 0 saturated carbocycles. The minimum Gasteiger partial charge on any atom is -0.505 e. The molecule has 18 nitrogen and oxygen atoms in total. The van der Waals surface area contributed by atoms with Gasteiger partial charge in [-0.15, -0.1) is 9.45 Å². The zero-order valence-electron chi connectivity index (χ0n) is 37.4. The fraction of sp³-hybridized carbons (Fsp3) is 0.319. The molecule has 0 aliphatic heterocycles. The first kappa shape index (κ1) is 52.8. The second-order valence-corrected chi connectivity index (χ2v) is 17.9. The minimum absolute atomic E-state index is 0.000869. The number of hydrogen-bond donors (Lipinski definition) is 5. The van der Waals surface area contributed by atoms with Crippen molar-refractivity contribution in [1.82, 2.24) is 0 Å². The summed E-state index contributed by atoms with van der Waals surface area (Å²) in [6, 6.07) is 19.1. The zero-order chi connectivity index (χ0) is 49.2. The van der Waals surface area contributed by atoms with Gasteiger partial charge in [0, 0.05) is 17.9 Å². The molecule has 2 amide bonds. The summed E-state index contributed by atoms with van der Waals surface area (Å²) in [6.07, 6.45) is 9.54. The third-order valence-corrected chi connectivity index (χ3v) is 12.1. The lowest BCUT2D eigenvalue weighted by Crippen LogP contribution is -2.40. The molecule has 5 rings (SSSR count). The van der Waals surface area contributed by atoms with Crippen molar-refractivity contribution in [1.29, 1.82) is 0 Å². The molecule has 5 aromatic rings. The number of amides is 2. The number of esters is 1. The standard InChI is InChI=1S/C47H51ClN4O14S2/c1-4-5-6-7-8-9-10-11-12-13-24-63-47(57)31-16-23-37(48)38(26-31)50-46(56)45(43(54)30-14-19-34(62-3)20-15-30)64-35-21-17-33(18-22-35)51-52-42-40(67-66-65-58)27-32-25-36(68(59,60)61)28-39(49-29(2)53)41(32)44(42)55/h14-23,25-28,45,55,58H,4-13,24H2,1-3H3,(H,49,53)(H,50,56)(H,59,60,61). The quantitative estimate of drug-likeness (QED) is 0.00397. The molecule has 0 radical (unpaired) electrons. The van der Waals surface area contributed by atoms with Crippen molar-refractivity contribution in [2.75, 3.05) is 24.4 Å². The molecule has 68 heavy (non-hydrogen) atoms. The number of nitrogens with one attached hydrogen (secondary N) is 2. The van der Waals surface area contributed by atoms with Crippen LogP contribution in [0.4, 0.5) is 22.7 Å². The number of unbranched alkanes of at least 4 members (excludes halogenated alkanes) is 9. The second kappa shape index (κ2) is 25.9. The number of Topliss-reactive ketones (excluding diaryl/α,β-unsaturated/α-hetero) is 1. The molecule has 0 heterocycles. The maximum Gasteiger partial charge on any atom is 0.338 e. The molecule has 0 aliphatic carbocycles. The van der Waals surface area contributed by atoms with Crippen LogP contribution < -0.4 is 20.1 Å². The van der Waals surface area contributed by atoms with Gasteiger partial charge in [0.05, 0.1) is 63.2 Å². The number of halogens is 1. The monoisotopic (exact) mass is 994 g/mol. The van der Waals surface area contributed by atoms with Crippen LogP contribution in [0, 0.1) is 0 Å². The summed E-state index contributed by atoms with van der Waals surface area (Å²) in [6.45, 7) is 3.58. The van der Waals surface area contributed by atoms with Gasteiger partial charge in [0.25, 0.3) is 16.0 Å². The van der Waals surface area contributed by atoms with Crippen molar-refractivity contribution in [3.63, 3.8) is 0 Å². The number of nitrogens with zero attached hydrogens (tertiary/aromatic N) is 2. The Hall–Kier alpha value is -6.13. The molecular weight excluding hydrogens is 944 g/mol. The molecule has 5 aromatic carbocycles. The summed E-state index contributed by atoms with van der Waals surface area (Å²) >= 11 is 6.82. The van der Waals surface area contributed by atoms with Crippen LogP contribution in [0.25, 0.3) is 10.8 Å². The van der Waals surface area contributed by atoms with Gasteiger partial charge in [0.2, 0.25) is 17.8 Å². The minimum atomic E-state index is -4.77. The number of phenols is 1. The number of phenolic OH excluding ortho intramolecular Hbond substituents is 1. The van der Waals surface area contributed by atoms with E-state index in [1.54, 1.807) is 12.1 Å². The van der Waals surface area contributed by atoms with Gasteiger partial charge in [0.15, 0.2) is 5.75 Å². The van der Waals surface area contributed by atoms with E-state index in [2.05, 4.69) is 37.2 Å². The smallest absolute Gasteiger partial charge is 0.338 e. The zero-order valence-corrected chi connectivity index (χ0v) is 39.7. The number of ether oxygens (including phenoxy) is 3. The number of rotatable bonds is 26. The van der Waals surface area contributed by atoms with Crippen molar-refractivity contribution in [2.45, 2.75) is 94.0 Å². The number of anilines is 2. The summed E-state index contributed by atoms with van der Waals surface area (Å²) in [4.78, 5) is 52.3. The maximum atomic E-state index is 14.0. The van der Waals surface area contributed by atoms with E-state index < -0.39 is 50.4 Å². The molecule has 0 bridgehead atoms. The Labute approximate surface area is 402 Å². The number of fused-ring (bicyclic) bond motifs is 1. The highest BCUT2D eigenvalue weighted by molar-refractivity contribution is 7.94. The van der Waals surface area contributed by atoms with E-state index >= 15 is 0 Å². The van der Waals surface area contributed by atoms with E-state index in [9.17, 15) is 37.3 Å². The van der Waals surface area contributed by atoms with Gasteiger partial charge in [-0.25, -0.2) is 10.1 Å². The Balaban J connectivity index is 1.34. The topological polar surface area (TPSA) is 258 Å². The van der Waals surface area contributed by atoms with Gasteiger partial charge in [0.1, 0.15) is 17.2 Å². The second-order valence-electron chi connectivity index (χ2n) is 15.3. The predicted molar refractivity (Wildman–Crippen MR) is 255 cm³/mol. The molecule has 0 fully saturated rings. The number of azo groups is 1. The Morgan fingerprint density at radius 3 is 2.03 bits per heavy atom. The summed E-state index contributed by atoms with van der Waals surface area (Å²) in [7, 11) is -3.31. The number of carbonyl (C=O) groups excluding carboxylic acids is 4. The third-order valence-electron chi connectivity index (χ3n) is 10.3. The molecule has 0 spiro atoms. The van der Waals surface area contributed by atoms with E-state index in [-0.39, 0.29) is 66.9 Å². The average Bonchev–Trinajstić information content (AvgIpc) is 3.31. The number of methoxy groups -OCH3 is 1. The molecule has 5 N–H and O–H groups in total. The number of ketones is 1. The van der Waals surface area contributed by atoms with Gasteiger partial charge < -0.3 is 30.0 Å². The lowest BCUT2D eigenvalue weighted by Gasteiger charge is -2.19. The lowest BCUT2D eigenvalue weighted by molar-refractivity contribution is -0.432. The normalized spacial score (nSPS) is 11.9.